The second kappa shape index (κ2) is 22.6. The molecular formula is C54H78N4O11. The lowest BCUT2D eigenvalue weighted by atomic mass is 10.00. The molecule has 0 aromatic heterocycles. The number of cyclic esters (lactones) is 3. The van der Waals surface area contributed by atoms with Crippen molar-refractivity contribution >= 4 is 41.5 Å². The average molecular weight is 959 g/mol. The third-order valence-electron chi connectivity index (χ3n) is 14.7. The number of rotatable bonds is 10. The Kier molecular flexibility index (Phi) is 17.9. The maximum absolute atomic E-state index is 14.9. The number of carbonyl (C=O) groups excluding carboxylic acids is 7. The fourth-order valence-corrected chi connectivity index (χ4v) is 10.2. The first-order valence-corrected chi connectivity index (χ1v) is 24.8. The van der Waals surface area contributed by atoms with Gasteiger partial charge < -0.3 is 38.5 Å². The molecular weight excluding hydrogens is 881 g/mol. The summed E-state index contributed by atoms with van der Waals surface area (Å²) in [6, 6.07) is 16.6. The van der Waals surface area contributed by atoms with E-state index in [0.717, 1.165) is 5.56 Å². The topological polar surface area (TPSA) is 169 Å². The van der Waals surface area contributed by atoms with Crippen LogP contribution in [0.15, 0.2) is 60.7 Å². The first-order chi connectivity index (χ1) is 32.4. The van der Waals surface area contributed by atoms with Gasteiger partial charge >= 0.3 is 17.9 Å². The van der Waals surface area contributed by atoms with Crippen molar-refractivity contribution in [3.8, 4) is 0 Å². The summed E-state index contributed by atoms with van der Waals surface area (Å²) in [7, 11) is 6.10. The van der Waals surface area contributed by atoms with Crippen molar-refractivity contribution in [3.05, 3.63) is 71.8 Å². The van der Waals surface area contributed by atoms with Crippen molar-refractivity contribution in [2.24, 2.45) is 35.5 Å². The van der Waals surface area contributed by atoms with Gasteiger partial charge in [0, 0.05) is 41.0 Å². The Morgan fingerprint density at radius 1 is 0.536 bits per heavy atom. The lowest BCUT2D eigenvalue weighted by molar-refractivity contribution is -0.176. The summed E-state index contributed by atoms with van der Waals surface area (Å²) in [6.45, 7) is 18.5. The number of ether oxygens (including phenoxy) is 4. The fourth-order valence-electron chi connectivity index (χ4n) is 10.2. The molecule has 1 saturated heterocycles. The van der Waals surface area contributed by atoms with Gasteiger partial charge in [0.05, 0.1) is 12.6 Å². The van der Waals surface area contributed by atoms with Gasteiger partial charge in [-0.1, -0.05) is 116 Å². The molecule has 15 nitrogen and oxygen atoms in total. The molecule has 5 rings (SSSR count). The van der Waals surface area contributed by atoms with E-state index in [0.29, 0.717) is 12.0 Å². The lowest BCUT2D eigenvalue weighted by Gasteiger charge is -2.36. The van der Waals surface area contributed by atoms with Gasteiger partial charge in [-0.05, 0) is 86.2 Å². The first kappa shape index (κ1) is 54.6. The zero-order valence-electron chi connectivity index (χ0n) is 43.4. The Bertz CT molecular complexity index is 2150. The Balaban J connectivity index is 1.60. The van der Waals surface area contributed by atoms with Crippen molar-refractivity contribution < 1.29 is 52.5 Å². The molecule has 3 fully saturated rings. The highest BCUT2D eigenvalue weighted by molar-refractivity contribution is 5.97. The second-order valence-corrected chi connectivity index (χ2v) is 21.3. The standard InChI is InChI=1S/C54H78N4O11/c1-32(2)25-40-31-66-44(27-38-21-17-15-18-22-38)48(61)57(13)53(29-41(53)34(5)6)51(64)68-37(10)47(60)56(12)43(26-33(3)4)50(63)69-45(28-39-23-19-16-20-24-39)49(62)58(14)54(30-42(54)35(7)8)52(65)67-36(9)46(59)55(40)11/h15-24,32-37,40-45H,25-31H2,1-14H3/t36-,37-,40+,41+,42+,43+,44-,45-,53?,54?/m1/s1. The van der Waals surface area contributed by atoms with E-state index in [2.05, 4.69) is 0 Å². The van der Waals surface area contributed by atoms with Gasteiger partial charge in [0.1, 0.15) is 23.2 Å². The second-order valence-electron chi connectivity index (χ2n) is 21.3. The van der Waals surface area contributed by atoms with Crippen LogP contribution in [0.4, 0.5) is 0 Å². The molecule has 2 aromatic carbocycles. The van der Waals surface area contributed by atoms with E-state index in [-0.39, 0.29) is 74.2 Å². The van der Waals surface area contributed by atoms with Gasteiger partial charge in [-0.2, -0.15) is 0 Å². The van der Waals surface area contributed by atoms with Gasteiger partial charge in [0.15, 0.2) is 18.3 Å². The molecule has 2 aromatic rings. The zero-order chi connectivity index (χ0) is 51.3. The molecule has 0 bridgehead atoms. The van der Waals surface area contributed by atoms with Crippen molar-refractivity contribution in [2.45, 2.75) is 155 Å². The zero-order valence-corrected chi connectivity index (χ0v) is 43.4. The average Bonchev–Trinajstić information content (AvgIpc) is 4.24. The number of hydrogen-bond acceptors (Lipinski definition) is 11. The van der Waals surface area contributed by atoms with Gasteiger partial charge in [-0.3, -0.25) is 19.2 Å². The number of likely N-dealkylation sites (N-methyl/N-ethyl adjacent to an activating group) is 4. The highest BCUT2D eigenvalue weighted by atomic mass is 16.6. The largest absolute Gasteiger partial charge is 0.451 e. The summed E-state index contributed by atoms with van der Waals surface area (Å²) < 4.78 is 24.8. The van der Waals surface area contributed by atoms with Crippen LogP contribution in [0.25, 0.3) is 0 Å². The van der Waals surface area contributed by atoms with E-state index in [1.807, 2.05) is 91.8 Å². The van der Waals surface area contributed by atoms with E-state index in [1.54, 1.807) is 38.4 Å². The fraction of sp³-hybridized carbons (Fsp3) is 0.648. The van der Waals surface area contributed by atoms with Crippen molar-refractivity contribution in [1.82, 2.24) is 19.6 Å². The molecule has 2 spiro atoms. The molecule has 2 saturated carbocycles. The van der Waals surface area contributed by atoms with Crippen LogP contribution < -0.4 is 0 Å². The van der Waals surface area contributed by atoms with E-state index in [9.17, 15) is 33.6 Å². The predicted octanol–water partition coefficient (Wildman–Crippen LogP) is 6.14. The minimum Gasteiger partial charge on any atom is -0.451 e. The van der Waals surface area contributed by atoms with Crippen LogP contribution in [-0.4, -0.2) is 144 Å². The maximum Gasteiger partial charge on any atom is 0.333 e. The molecule has 0 radical (unpaired) electrons. The number of amides is 4. The lowest BCUT2D eigenvalue weighted by Crippen LogP contribution is -2.56. The Morgan fingerprint density at radius 3 is 1.35 bits per heavy atom. The van der Waals surface area contributed by atoms with Crippen molar-refractivity contribution in [1.29, 1.82) is 0 Å². The van der Waals surface area contributed by atoms with Gasteiger partial charge in [-0.15, -0.1) is 0 Å². The minimum atomic E-state index is -1.47. The minimum absolute atomic E-state index is 0.0379. The monoisotopic (exact) mass is 959 g/mol. The molecule has 2 aliphatic carbocycles. The summed E-state index contributed by atoms with van der Waals surface area (Å²) >= 11 is 0. The van der Waals surface area contributed by atoms with Crippen molar-refractivity contribution in [3.63, 3.8) is 0 Å². The van der Waals surface area contributed by atoms with E-state index < -0.39 is 89.1 Å². The van der Waals surface area contributed by atoms with E-state index >= 15 is 0 Å². The Morgan fingerprint density at radius 2 is 0.942 bits per heavy atom. The predicted molar refractivity (Wildman–Crippen MR) is 260 cm³/mol. The summed E-state index contributed by atoms with van der Waals surface area (Å²) in [5.41, 5.74) is -1.39. The smallest absolute Gasteiger partial charge is 0.333 e. The van der Waals surface area contributed by atoms with E-state index in [4.69, 9.17) is 18.9 Å². The summed E-state index contributed by atoms with van der Waals surface area (Å²) in [5, 5.41) is 0. The van der Waals surface area contributed by atoms with E-state index in [1.165, 1.54) is 47.5 Å². The van der Waals surface area contributed by atoms with Crippen LogP contribution in [0.1, 0.15) is 106 Å². The number of nitrogens with zero attached hydrogens (tertiary/aromatic N) is 4. The molecule has 3 aliphatic rings. The number of hydrogen-bond donors (Lipinski definition) is 0. The maximum atomic E-state index is 14.9. The van der Waals surface area contributed by atoms with Gasteiger partial charge in [0.25, 0.3) is 23.6 Å². The van der Waals surface area contributed by atoms with Crippen LogP contribution in [0.2, 0.25) is 0 Å². The Labute approximate surface area is 409 Å². The molecule has 0 N–H and O–H groups in total. The van der Waals surface area contributed by atoms with Crippen LogP contribution in [0.5, 0.6) is 0 Å². The van der Waals surface area contributed by atoms with Crippen LogP contribution in [0.3, 0.4) is 0 Å². The third-order valence-corrected chi connectivity index (χ3v) is 14.7. The van der Waals surface area contributed by atoms with Crippen LogP contribution in [0, 0.1) is 35.5 Å². The first-order valence-electron chi connectivity index (χ1n) is 24.8. The summed E-state index contributed by atoms with van der Waals surface area (Å²) in [6.07, 6.45) is -3.88. The molecule has 15 heteroatoms. The molecule has 1 heterocycles. The molecule has 69 heavy (non-hydrogen) atoms. The highest BCUT2D eigenvalue weighted by Crippen LogP contribution is 2.55. The van der Waals surface area contributed by atoms with Gasteiger partial charge in [-0.25, -0.2) is 14.4 Å². The molecule has 4 amide bonds. The number of carbonyl (C=O) groups is 7. The SMILES string of the molecule is CC(C)C[C@H]1CO[C@H](Cc2ccccc2)C(=O)N(C)C2(C[C@H]2C(C)C)C(=O)O[C@H](C)C(=O)N(C)[C@@H](CC(C)C)C(=O)O[C@H](Cc2ccccc2)C(=O)N(C)C2(C[C@H]2C(C)C)C(=O)O[C@H](C)C(=O)N1C. The third kappa shape index (κ3) is 12.2. The normalized spacial score (nSPS) is 30.7. The molecule has 1 aliphatic heterocycles. The highest BCUT2D eigenvalue weighted by Gasteiger charge is 2.68. The summed E-state index contributed by atoms with van der Waals surface area (Å²) in [5.74, 6) is -5.44. The quantitative estimate of drug-likeness (QED) is 0.198. The number of benzene rings is 2. The summed E-state index contributed by atoms with van der Waals surface area (Å²) in [4.78, 5) is 108. The molecule has 2 unspecified atom stereocenters. The number of esters is 3. The van der Waals surface area contributed by atoms with Crippen molar-refractivity contribution in [2.75, 3.05) is 34.8 Å². The van der Waals surface area contributed by atoms with Crippen LogP contribution in [-0.2, 0) is 65.4 Å². The molecule has 380 valence electrons. The van der Waals surface area contributed by atoms with Crippen LogP contribution >= 0.6 is 0 Å². The van der Waals surface area contributed by atoms with Gasteiger partial charge in [0.2, 0.25) is 0 Å². The molecule has 10 atom stereocenters. The Hall–Kier alpha value is -5.31.